The summed E-state index contributed by atoms with van der Waals surface area (Å²) in [4.78, 5) is 3.34. The minimum absolute atomic E-state index is 0.451. The van der Waals surface area contributed by atoms with Crippen molar-refractivity contribution in [2.75, 3.05) is 11.5 Å². The molecule has 0 spiro atoms. The van der Waals surface area contributed by atoms with E-state index in [1.165, 1.54) is 28.1 Å². The molecule has 1 atom stereocenters. The van der Waals surface area contributed by atoms with Gasteiger partial charge in [0.05, 0.1) is 11.0 Å². The number of para-hydroxylation sites is 1. The molecule has 0 radical (unpaired) electrons. The standard InChI is InChI=1S/C14H20N2S2/c1-4-18-9-8-11(3)16-12-7-5-6-10(2)13(12)15-14(16)17/h5-7,11H,4,8-9H2,1-3H3,(H,15,17). The van der Waals surface area contributed by atoms with Crippen molar-refractivity contribution in [2.45, 2.75) is 33.2 Å². The Balaban J connectivity index is 2.35. The molecule has 2 nitrogen and oxygen atoms in total. The smallest absolute Gasteiger partial charge is 0.178 e. The van der Waals surface area contributed by atoms with Crippen LogP contribution in [0.5, 0.6) is 0 Å². The number of nitrogens with zero attached hydrogens (tertiary/aromatic N) is 1. The van der Waals surface area contributed by atoms with E-state index in [1.807, 2.05) is 11.8 Å². The van der Waals surface area contributed by atoms with Gasteiger partial charge in [-0.1, -0.05) is 19.1 Å². The molecule has 0 aliphatic rings. The van der Waals surface area contributed by atoms with Gasteiger partial charge in [0.15, 0.2) is 4.77 Å². The van der Waals surface area contributed by atoms with Gasteiger partial charge in [-0.15, -0.1) is 0 Å². The van der Waals surface area contributed by atoms with Crippen LogP contribution < -0.4 is 0 Å². The third-order valence-corrected chi connectivity index (χ3v) is 4.52. The number of hydrogen-bond acceptors (Lipinski definition) is 2. The van der Waals surface area contributed by atoms with Crippen molar-refractivity contribution in [3.05, 3.63) is 28.5 Å². The Labute approximate surface area is 118 Å². The van der Waals surface area contributed by atoms with E-state index < -0.39 is 0 Å². The summed E-state index contributed by atoms with van der Waals surface area (Å²) in [6.07, 6.45) is 1.16. The van der Waals surface area contributed by atoms with Gasteiger partial charge in [-0.25, -0.2) is 0 Å². The van der Waals surface area contributed by atoms with Crippen molar-refractivity contribution in [3.8, 4) is 0 Å². The number of benzene rings is 1. The molecule has 1 N–H and O–H groups in total. The first-order chi connectivity index (χ1) is 8.65. The number of fused-ring (bicyclic) bond motifs is 1. The number of hydrogen-bond donors (Lipinski definition) is 1. The lowest BCUT2D eigenvalue weighted by Gasteiger charge is -2.14. The minimum Gasteiger partial charge on any atom is -0.330 e. The van der Waals surface area contributed by atoms with E-state index in [0.717, 1.165) is 11.2 Å². The fraction of sp³-hybridized carbons (Fsp3) is 0.500. The fourth-order valence-electron chi connectivity index (χ4n) is 2.26. The monoisotopic (exact) mass is 280 g/mol. The normalized spacial score (nSPS) is 13.1. The fourth-order valence-corrected chi connectivity index (χ4v) is 3.43. The zero-order chi connectivity index (χ0) is 13.1. The van der Waals surface area contributed by atoms with Gasteiger partial charge in [0.2, 0.25) is 0 Å². The molecule has 18 heavy (non-hydrogen) atoms. The maximum atomic E-state index is 5.47. The quantitative estimate of drug-likeness (QED) is 0.632. The summed E-state index contributed by atoms with van der Waals surface area (Å²) in [5.74, 6) is 2.38. The molecule has 0 aliphatic carbocycles. The molecule has 1 unspecified atom stereocenters. The number of rotatable bonds is 5. The van der Waals surface area contributed by atoms with Crippen LogP contribution in [0.25, 0.3) is 11.0 Å². The lowest BCUT2D eigenvalue weighted by atomic mass is 10.2. The molecule has 1 heterocycles. The number of H-pyrrole nitrogens is 1. The Bertz CT molecular complexity index is 583. The number of aromatic amines is 1. The van der Waals surface area contributed by atoms with E-state index in [4.69, 9.17) is 12.2 Å². The molecule has 98 valence electrons. The molecule has 0 aliphatic heterocycles. The molecule has 1 aromatic heterocycles. The lowest BCUT2D eigenvalue weighted by Crippen LogP contribution is -2.06. The first-order valence-electron chi connectivity index (χ1n) is 6.42. The molecule has 2 rings (SSSR count). The third-order valence-electron chi connectivity index (χ3n) is 3.29. The largest absolute Gasteiger partial charge is 0.330 e. The molecule has 4 heteroatoms. The zero-order valence-electron chi connectivity index (χ0n) is 11.2. The molecule has 0 saturated heterocycles. The van der Waals surface area contributed by atoms with E-state index in [0.29, 0.717) is 6.04 Å². The maximum absolute atomic E-state index is 5.47. The maximum Gasteiger partial charge on any atom is 0.178 e. The number of aryl methyl sites for hydroxylation is 1. The number of nitrogens with one attached hydrogen (secondary N) is 1. The SMILES string of the molecule is CCSCCC(C)n1c(=S)[nH]c2c(C)cccc21. The predicted molar refractivity (Wildman–Crippen MR) is 84.2 cm³/mol. The highest BCUT2D eigenvalue weighted by molar-refractivity contribution is 7.99. The molecule has 2 aromatic rings. The minimum atomic E-state index is 0.451. The van der Waals surface area contributed by atoms with E-state index in [2.05, 4.69) is 48.5 Å². The molecular formula is C14H20N2S2. The summed E-state index contributed by atoms with van der Waals surface area (Å²) in [6, 6.07) is 6.82. The zero-order valence-corrected chi connectivity index (χ0v) is 12.8. The van der Waals surface area contributed by atoms with Crippen LogP contribution in [-0.2, 0) is 0 Å². The highest BCUT2D eigenvalue weighted by atomic mass is 32.2. The van der Waals surface area contributed by atoms with Crippen molar-refractivity contribution < 1.29 is 0 Å². The van der Waals surface area contributed by atoms with Crippen LogP contribution in [0.2, 0.25) is 0 Å². The Kier molecular flexibility index (Phi) is 4.51. The van der Waals surface area contributed by atoms with Gasteiger partial charge in [0.25, 0.3) is 0 Å². The average Bonchev–Trinajstić information content (AvgIpc) is 2.67. The Morgan fingerprint density at radius 3 is 2.94 bits per heavy atom. The molecule has 0 amide bonds. The van der Waals surface area contributed by atoms with Gasteiger partial charge in [0, 0.05) is 6.04 Å². The summed E-state index contributed by atoms with van der Waals surface area (Å²) in [5, 5.41) is 0. The highest BCUT2D eigenvalue weighted by Crippen LogP contribution is 2.24. The Hall–Kier alpha value is -0.740. The van der Waals surface area contributed by atoms with Crippen molar-refractivity contribution in [1.82, 2.24) is 9.55 Å². The van der Waals surface area contributed by atoms with Crippen LogP contribution in [0.4, 0.5) is 0 Å². The van der Waals surface area contributed by atoms with E-state index in [1.54, 1.807) is 0 Å². The van der Waals surface area contributed by atoms with Gasteiger partial charge in [-0.05, 0) is 55.6 Å². The molecular weight excluding hydrogens is 260 g/mol. The van der Waals surface area contributed by atoms with Crippen LogP contribution in [-0.4, -0.2) is 21.1 Å². The molecule has 1 aromatic carbocycles. The van der Waals surface area contributed by atoms with Gasteiger partial charge in [0.1, 0.15) is 0 Å². The molecule has 0 bridgehead atoms. The van der Waals surface area contributed by atoms with Crippen molar-refractivity contribution in [1.29, 1.82) is 0 Å². The first-order valence-corrected chi connectivity index (χ1v) is 7.99. The van der Waals surface area contributed by atoms with Crippen molar-refractivity contribution >= 4 is 35.0 Å². The second-order valence-electron chi connectivity index (χ2n) is 4.60. The molecule has 0 fully saturated rings. The summed E-state index contributed by atoms with van der Waals surface area (Å²) in [7, 11) is 0. The van der Waals surface area contributed by atoms with Crippen LogP contribution in [0.3, 0.4) is 0 Å². The predicted octanol–water partition coefficient (Wildman–Crippen LogP) is 4.71. The summed E-state index contributed by atoms with van der Waals surface area (Å²) >= 11 is 7.46. The average molecular weight is 280 g/mol. The van der Waals surface area contributed by atoms with Crippen LogP contribution >= 0.6 is 24.0 Å². The van der Waals surface area contributed by atoms with Crippen LogP contribution in [0.15, 0.2) is 18.2 Å². The van der Waals surface area contributed by atoms with Crippen LogP contribution in [0, 0.1) is 11.7 Å². The first kappa shape index (κ1) is 13.7. The number of imidazole rings is 1. The summed E-state index contributed by atoms with van der Waals surface area (Å²) < 4.78 is 3.10. The van der Waals surface area contributed by atoms with Crippen molar-refractivity contribution in [2.24, 2.45) is 0 Å². The van der Waals surface area contributed by atoms with Crippen LogP contribution in [0.1, 0.15) is 31.9 Å². The van der Waals surface area contributed by atoms with E-state index in [-0.39, 0.29) is 0 Å². The van der Waals surface area contributed by atoms with Crippen molar-refractivity contribution in [3.63, 3.8) is 0 Å². The molecule has 0 saturated carbocycles. The van der Waals surface area contributed by atoms with Gasteiger partial charge < -0.3 is 9.55 Å². The summed E-state index contributed by atoms with van der Waals surface area (Å²) in [6.45, 7) is 6.58. The third kappa shape index (κ3) is 2.64. The topological polar surface area (TPSA) is 20.7 Å². The van der Waals surface area contributed by atoms with Gasteiger partial charge in [-0.2, -0.15) is 11.8 Å². The number of aromatic nitrogens is 2. The second-order valence-corrected chi connectivity index (χ2v) is 6.38. The van der Waals surface area contributed by atoms with E-state index >= 15 is 0 Å². The number of thioether (sulfide) groups is 1. The summed E-state index contributed by atoms with van der Waals surface area (Å²) in [5.41, 5.74) is 3.67. The van der Waals surface area contributed by atoms with Gasteiger partial charge in [-0.3, -0.25) is 0 Å². The van der Waals surface area contributed by atoms with Gasteiger partial charge >= 0.3 is 0 Å². The highest BCUT2D eigenvalue weighted by Gasteiger charge is 2.11. The van der Waals surface area contributed by atoms with E-state index in [9.17, 15) is 0 Å². The lowest BCUT2D eigenvalue weighted by molar-refractivity contribution is 0.543. The Morgan fingerprint density at radius 1 is 1.44 bits per heavy atom. The Morgan fingerprint density at radius 2 is 2.22 bits per heavy atom. The second kappa shape index (κ2) is 5.93.